The van der Waals surface area contributed by atoms with E-state index >= 15 is 0 Å². The van der Waals surface area contributed by atoms with E-state index in [0.717, 1.165) is 11.6 Å². The summed E-state index contributed by atoms with van der Waals surface area (Å²) in [4.78, 5) is 11.0. The number of rotatable bonds is 4. The van der Waals surface area contributed by atoms with Crippen LogP contribution in [0.25, 0.3) is 0 Å². The molecule has 3 nitrogen and oxygen atoms in total. The number of methoxy groups -OCH3 is 1. The molecule has 0 heterocycles. The predicted molar refractivity (Wildman–Crippen MR) is 75.4 cm³/mol. The summed E-state index contributed by atoms with van der Waals surface area (Å²) in [6.45, 7) is 9.41. The summed E-state index contributed by atoms with van der Waals surface area (Å²) in [6.07, 6.45) is -0.629. The molecule has 0 fully saturated rings. The molecule has 18 heavy (non-hydrogen) atoms. The Morgan fingerprint density at radius 2 is 1.94 bits per heavy atom. The van der Waals surface area contributed by atoms with Crippen molar-refractivity contribution in [3.05, 3.63) is 34.9 Å². The van der Waals surface area contributed by atoms with Crippen molar-refractivity contribution >= 4 is 14.2 Å². The number of ether oxygens (including phenoxy) is 2. The molecule has 0 unspecified atom stereocenters. The van der Waals surface area contributed by atoms with Gasteiger partial charge in [0.15, 0.2) is 0 Å². The molecule has 1 aromatic rings. The van der Waals surface area contributed by atoms with Crippen molar-refractivity contribution in [2.45, 2.75) is 39.2 Å². The summed E-state index contributed by atoms with van der Waals surface area (Å²) in [5, 5.41) is 0. The Labute approximate surface area is 110 Å². The highest BCUT2D eigenvalue weighted by atomic mass is 28.3. The number of aryl methyl sites for hydroxylation is 1. The zero-order valence-corrected chi connectivity index (χ0v) is 12.9. The molecule has 0 aliphatic rings. The lowest BCUT2D eigenvalue weighted by molar-refractivity contribution is 0.0667. The zero-order chi connectivity index (χ0) is 13.8. The molecule has 1 aromatic carbocycles. The number of hydrogen-bond donors (Lipinski definition) is 0. The predicted octanol–water partition coefficient (Wildman–Crippen LogP) is 3.70. The maximum atomic E-state index is 11.0. The average Bonchev–Trinajstić information content (AvgIpc) is 2.28. The van der Waals surface area contributed by atoms with Gasteiger partial charge in [-0.1, -0.05) is 37.8 Å². The minimum atomic E-state index is -1.20. The van der Waals surface area contributed by atoms with Crippen molar-refractivity contribution in [1.29, 1.82) is 0 Å². The molecule has 0 spiro atoms. The van der Waals surface area contributed by atoms with Gasteiger partial charge in [0.2, 0.25) is 0 Å². The van der Waals surface area contributed by atoms with Crippen molar-refractivity contribution in [1.82, 2.24) is 0 Å². The first-order chi connectivity index (χ1) is 8.33. The van der Waals surface area contributed by atoms with E-state index in [9.17, 15) is 4.79 Å². The van der Waals surface area contributed by atoms with Crippen molar-refractivity contribution in [2.75, 3.05) is 7.11 Å². The summed E-state index contributed by atoms with van der Waals surface area (Å²) in [7, 11) is 0.124. The topological polar surface area (TPSA) is 35.5 Å². The zero-order valence-electron chi connectivity index (χ0n) is 11.9. The number of carbonyl (C=O) groups is 1. The van der Waals surface area contributed by atoms with E-state index in [1.807, 2.05) is 12.1 Å². The van der Waals surface area contributed by atoms with Crippen LogP contribution in [-0.2, 0) is 22.1 Å². The fourth-order valence-corrected chi connectivity index (χ4v) is 3.44. The first-order valence-corrected chi connectivity index (χ1v) is 9.82. The summed E-state index contributed by atoms with van der Waals surface area (Å²) >= 11 is 0. The van der Waals surface area contributed by atoms with E-state index in [1.165, 1.54) is 18.2 Å². The van der Waals surface area contributed by atoms with Crippen LogP contribution in [-0.4, -0.2) is 21.3 Å². The van der Waals surface area contributed by atoms with E-state index in [2.05, 4.69) is 37.4 Å². The number of benzene rings is 1. The largest absolute Gasteiger partial charge is 0.508 e. The molecule has 0 aromatic heterocycles. The maximum absolute atomic E-state index is 11.0. The molecule has 4 heteroatoms. The number of hydrogen-bond acceptors (Lipinski definition) is 3. The summed E-state index contributed by atoms with van der Waals surface area (Å²) < 4.78 is 9.53. The lowest BCUT2D eigenvalue weighted by Gasteiger charge is -2.20. The van der Waals surface area contributed by atoms with Crippen LogP contribution in [0.5, 0.6) is 0 Å². The minimum Gasteiger partial charge on any atom is -0.438 e. The van der Waals surface area contributed by atoms with Gasteiger partial charge in [-0.25, -0.2) is 4.79 Å². The molecule has 0 bridgehead atoms. The fraction of sp³-hybridized carbons (Fsp3) is 0.500. The lowest BCUT2D eigenvalue weighted by Crippen LogP contribution is -2.25. The second kappa shape index (κ2) is 6.04. The van der Waals surface area contributed by atoms with Crippen LogP contribution < -0.4 is 0 Å². The third-order valence-electron chi connectivity index (χ3n) is 2.73. The van der Waals surface area contributed by atoms with Gasteiger partial charge in [-0.05, 0) is 29.7 Å². The van der Waals surface area contributed by atoms with E-state index in [-0.39, 0.29) is 6.61 Å². The average molecular weight is 266 g/mol. The summed E-state index contributed by atoms with van der Waals surface area (Å²) in [5.41, 5.74) is 3.67. The molecule has 0 N–H and O–H groups in total. The van der Waals surface area contributed by atoms with Gasteiger partial charge in [0.25, 0.3) is 0 Å². The van der Waals surface area contributed by atoms with E-state index in [1.54, 1.807) is 0 Å². The van der Waals surface area contributed by atoms with Gasteiger partial charge in [-0.15, -0.1) is 0 Å². The van der Waals surface area contributed by atoms with Crippen LogP contribution in [0, 0.1) is 6.92 Å². The molecule has 0 radical (unpaired) electrons. The van der Waals surface area contributed by atoms with Gasteiger partial charge in [-0.2, -0.15) is 0 Å². The Kier molecular flexibility index (Phi) is 4.96. The van der Waals surface area contributed by atoms with Gasteiger partial charge < -0.3 is 9.47 Å². The fourth-order valence-electron chi connectivity index (χ4n) is 1.88. The molecule has 0 saturated heterocycles. The van der Waals surface area contributed by atoms with Crippen LogP contribution in [0.15, 0.2) is 18.2 Å². The van der Waals surface area contributed by atoms with Crippen LogP contribution in [0.4, 0.5) is 4.79 Å². The molecule has 0 aliphatic carbocycles. The number of carbonyl (C=O) groups excluding carboxylic acids is 1. The monoisotopic (exact) mass is 266 g/mol. The van der Waals surface area contributed by atoms with Gasteiger partial charge in [-0.3, -0.25) is 0 Å². The Morgan fingerprint density at radius 1 is 1.28 bits per heavy atom. The Morgan fingerprint density at radius 3 is 2.50 bits per heavy atom. The van der Waals surface area contributed by atoms with Crippen molar-refractivity contribution < 1.29 is 14.3 Å². The van der Waals surface area contributed by atoms with Crippen LogP contribution in [0.2, 0.25) is 19.6 Å². The second-order valence-corrected chi connectivity index (χ2v) is 11.2. The highest BCUT2D eigenvalue weighted by molar-refractivity contribution is 6.75. The smallest absolute Gasteiger partial charge is 0.438 e. The third-order valence-corrected chi connectivity index (χ3v) is 4.14. The summed E-state index contributed by atoms with van der Waals surface area (Å²) in [6, 6.07) is 7.22. The Balaban J connectivity index is 2.90. The van der Waals surface area contributed by atoms with Crippen LogP contribution >= 0.6 is 0 Å². The Bertz CT molecular complexity index is 422. The van der Waals surface area contributed by atoms with Gasteiger partial charge in [0, 0.05) is 8.07 Å². The quantitative estimate of drug-likeness (QED) is 0.616. The lowest BCUT2D eigenvalue weighted by atomic mass is 10.0. The van der Waals surface area contributed by atoms with Crippen molar-refractivity contribution in [2.24, 2.45) is 0 Å². The highest BCUT2D eigenvalue weighted by Gasteiger charge is 2.18. The normalized spacial score (nSPS) is 11.2. The molecule has 0 aliphatic heterocycles. The van der Waals surface area contributed by atoms with Crippen LogP contribution in [0.1, 0.15) is 16.7 Å². The first-order valence-electron chi connectivity index (χ1n) is 6.11. The van der Waals surface area contributed by atoms with Crippen molar-refractivity contribution in [3.63, 3.8) is 0 Å². The molecule has 0 atom stereocenters. The van der Waals surface area contributed by atoms with Crippen molar-refractivity contribution in [3.8, 4) is 0 Å². The van der Waals surface area contributed by atoms with Crippen LogP contribution in [0.3, 0.4) is 0 Å². The van der Waals surface area contributed by atoms with Gasteiger partial charge in [0.1, 0.15) is 6.61 Å². The van der Waals surface area contributed by atoms with Gasteiger partial charge in [0.05, 0.1) is 7.11 Å². The molecular formula is C14H22O3Si. The Hall–Kier alpha value is -1.29. The van der Waals surface area contributed by atoms with E-state index in [4.69, 9.17) is 4.74 Å². The maximum Gasteiger partial charge on any atom is 0.508 e. The highest BCUT2D eigenvalue weighted by Crippen LogP contribution is 2.21. The molecule has 0 saturated carbocycles. The third kappa shape index (κ3) is 4.53. The standard InChI is InChI=1S/C14H22O3Si/c1-11-7-6-8-12(9-17-14(15)16-2)13(11)10-18(3,4)5/h6-8H,9-10H2,1-5H3. The molecular weight excluding hydrogens is 244 g/mol. The summed E-state index contributed by atoms with van der Waals surface area (Å²) in [5.74, 6) is 0. The van der Waals surface area contributed by atoms with Gasteiger partial charge >= 0.3 is 6.16 Å². The SMILES string of the molecule is COC(=O)OCc1cccc(C)c1C[Si](C)(C)C. The molecule has 1 rings (SSSR count). The van der Waals surface area contributed by atoms with E-state index < -0.39 is 14.2 Å². The molecule has 100 valence electrons. The second-order valence-electron chi connectivity index (χ2n) is 5.69. The first kappa shape index (κ1) is 14.8. The minimum absolute atomic E-state index is 0.286. The van der Waals surface area contributed by atoms with E-state index in [0.29, 0.717) is 0 Å². The molecule has 0 amide bonds.